The molecule has 1 heterocycles. The molecule has 0 bridgehead atoms. The minimum absolute atomic E-state index is 0.0589. The molecule has 5 heteroatoms. The predicted octanol–water partition coefficient (Wildman–Crippen LogP) is -1.16. The second-order valence-corrected chi connectivity index (χ2v) is 4.21. The van der Waals surface area contributed by atoms with Crippen molar-refractivity contribution in [1.29, 1.82) is 0 Å². The van der Waals surface area contributed by atoms with E-state index in [0.29, 0.717) is 25.9 Å². The zero-order valence-corrected chi connectivity index (χ0v) is 9.07. The fourth-order valence-corrected chi connectivity index (χ4v) is 1.64. The molecule has 0 saturated carbocycles. The molecule has 5 nitrogen and oxygen atoms in total. The van der Waals surface area contributed by atoms with Crippen molar-refractivity contribution in [2.75, 3.05) is 19.7 Å². The van der Waals surface area contributed by atoms with Gasteiger partial charge in [0.05, 0.1) is 12.1 Å². The Morgan fingerprint density at radius 3 is 2.93 bits per heavy atom. The van der Waals surface area contributed by atoms with Crippen LogP contribution in [0, 0.1) is 5.92 Å². The van der Waals surface area contributed by atoms with Crippen LogP contribution in [0.1, 0.15) is 19.8 Å². The first-order valence-electron chi connectivity index (χ1n) is 5.43. The van der Waals surface area contributed by atoms with Crippen molar-refractivity contribution in [3.8, 4) is 0 Å². The highest BCUT2D eigenvalue weighted by atomic mass is 16.3. The van der Waals surface area contributed by atoms with Crippen LogP contribution in [0.3, 0.4) is 0 Å². The Morgan fingerprint density at radius 2 is 2.40 bits per heavy atom. The highest BCUT2D eigenvalue weighted by Crippen LogP contribution is 2.06. The monoisotopic (exact) mass is 216 g/mol. The molecule has 0 spiro atoms. The second-order valence-electron chi connectivity index (χ2n) is 4.21. The first-order valence-corrected chi connectivity index (χ1v) is 5.43. The summed E-state index contributed by atoms with van der Waals surface area (Å²) < 4.78 is 0. The molecular weight excluding hydrogens is 196 g/mol. The Labute approximate surface area is 89.9 Å². The Morgan fingerprint density at radius 1 is 1.67 bits per heavy atom. The van der Waals surface area contributed by atoms with Gasteiger partial charge in [0.25, 0.3) is 0 Å². The largest absolute Gasteiger partial charge is 0.396 e. The van der Waals surface area contributed by atoms with E-state index < -0.39 is 6.10 Å². The molecule has 1 saturated heterocycles. The number of rotatable bonds is 5. The first-order chi connectivity index (χ1) is 7.13. The number of β-amino-alcohol motifs (C(OH)–C–C–N with tert-alkyl or cyclic N) is 1. The van der Waals surface area contributed by atoms with Gasteiger partial charge in [-0.25, -0.2) is 0 Å². The quantitative estimate of drug-likeness (QED) is 0.467. The summed E-state index contributed by atoms with van der Waals surface area (Å²) in [6, 6.07) is -0.263. The number of carbonyl (C=O) groups excluding carboxylic acids is 1. The minimum atomic E-state index is -0.407. The average molecular weight is 216 g/mol. The smallest absolute Gasteiger partial charge is 0.237 e. The summed E-state index contributed by atoms with van der Waals surface area (Å²) in [7, 11) is 0. The molecule has 0 aromatic heterocycles. The molecule has 1 aliphatic heterocycles. The maximum atomic E-state index is 11.6. The van der Waals surface area contributed by atoms with E-state index in [4.69, 9.17) is 5.11 Å². The number of aliphatic hydroxyl groups excluding tert-OH is 2. The molecule has 4 N–H and O–H groups in total. The van der Waals surface area contributed by atoms with Crippen LogP contribution in [0.4, 0.5) is 0 Å². The molecule has 0 aromatic carbocycles. The summed E-state index contributed by atoms with van der Waals surface area (Å²) in [5.41, 5.74) is 0. The lowest BCUT2D eigenvalue weighted by Gasteiger charge is -2.14. The maximum Gasteiger partial charge on any atom is 0.237 e. The molecule has 1 fully saturated rings. The number of hydrogen-bond acceptors (Lipinski definition) is 4. The van der Waals surface area contributed by atoms with Gasteiger partial charge in [0.2, 0.25) is 5.91 Å². The molecule has 1 aliphatic rings. The van der Waals surface area contributed by atoms with Gasteiger partial charge in [-0.1, -0.05) is 6.92 Å². The lowest BCUT2D eigenvalue weighted by molar-refractivity contribution is -0.123. The number of nitrogens with one attached hydrogen (secondary N) is 2. The van der Waals surface area contributed by atoms with E-state index in [-0.39, 0.29) is 24.5 Å². The highest BCUT2D eigenvalue weighted by molar-refractivity contribution is 5.82. The molecule has 3 unspecified atom stereocenters. The molecule has 3 atom stereocenters. The lowest BCUT2D eigenvalue weighted by Crippen LogP contribution is -2.42. The van der Waals surface area contributed by atoms with Gasteiger partial charge in [-0.2, -0.15) is 0 Å². The Balaban J connectivity index is 2.18. The average Bonchev–Trinajstić information content (AvgIpc) is 2.62. The second kappa shape index (κ2) is 6.05. The van der Waals surface area contributed by atoms with Crippen molar-refractivity contribution in [2.45, 2.75) is 31.9 Å². The normalized spacial score (nSPS) is 27.7. The van der Waals surface area contributed by atoms with Gasteiger partial charge in [0, 0.05) is 19.7 Å². The molecular formula is C10H20N2O3. The van der Waals surface area contributed by atoms with Crippen LogP contribution >= 0.6 is 0 Å². The highest BCUT2D eigenvalue weighted by Gasteiger charge is 2.27. The molecule has 1 rings (SSSR count). The Bertz CT molecular complexity index is 211. The summed E-state index contributed by atoms with van der Waals surface area (Å²) in [4.78, 5) is 11.6. The maximum absolute atomic E-state index is 11.6. The number of aliphatic hydroxyl groups is 2. The molecule has 1 amide bonds. The summed E-state index contributed by atoms with van der Waals surface area (Å²) >= 11 is 0. The minimum Gasteiger partial charge on any atom is -0.396 e. The number of amides is 1. The zero-order valence-electron chi connectivity index (χ0n) is 9.07. The van der Waals surface area contributed by atoms with E-state index in [0.717, 1.165) is 0 Å². The van der Waals surface area contributed by atoms with Crippen LogP contribution in [0.25, 0.3) is 0 Å². The van der Waals surface area contributed by atoms with Crippen LogP contribution in [0.5, 0.6) is 0 Å². The van der Waals surface area contributed by atoms with E-state index in [1.54, 1.807) is 0 Å². The SMILES string of the molecule is CC(CCO)CNC(=O)C1CC(O)CN1. The van der Waals surface area contributed by atoms with Gasteiger partial charge in [0.15, 0.2) is 0 Å². The van der Waals surface area contributed by atoms with Crippen molar-refractivity contribution in [3.05, 3.63) is 0 Å². The molecule has 88 valence electrons. The molecule has 0 aliphatic carbocycles. The number of hydrogen-bond donors (Lipinski definition) is 4. The molecule has 0 radical (unpaired) electrons. The Hall–Kier alpha value is -0.650. The van der Waals surface area contributed by atoms with E-state index in [1.807, 2.05) is 6.92 Å². The zero-order chi connectivity index (χ0) is 11.3. The van der Waals surface area contributed by atoms with Gasteiger partial charge in [-0.05, 0) is 18.8 Å². The van der Waals surface area contributed by atoms with Crippen LogP contribution < -0.4 is 10.6 Å². The predicted molar refractivity (Wildman–Crippen MR) is 56.3 cm³/mol. The topological polar surface area (TPSA) is 81.6 Å². The summed E-state index contributed by atoms with van der Waals surface area (Å²) in [5.74, 6) is 0.224. The van der Waals surface area contributed by atoms with Gasteiger partial charge < -0.3 is 20.8 Å². The van der Waals surface area contributed by atoms with Crippen molar-refractivity contribution >= 4 is 5.91 Å². The summed E-state index contributed by atoms with van der Waals surface area (Å²) in [6.07, 6.45) is 0.775. The Kier molecular flexibility index (Phi) is 5.01. The molecule has 15 heavy (non-hydrogen) atoms. The third kappa shape index (κ3) is 4.15. The third-order valence-electron chi connectivity index (χ3n) is 2.67. The standard InChI is InChI=1S/C10H20N2O3/c1-7(2-3-13)5-12-10(15)9-4-8(14)6-11-9/h7-9,11,13-14H,2-6H2,1H3,(H,12,15). The van der Waals surface area contributed by atoms with Crippen molar-refractivity contribution in [2.24, 2.45) is 5.92 Å². The number of carbonyl (C=O) groups is 1. The molecule has 0 aromatic rings. The van der Waals surface area contributed by atoms with Crippen LogP contribution in [0.2, 0.25) is 0 Å². The van der Waals surface area contributed by atoms with Crippen molar-refractivity contribution in [3.63, 3.8) is 0 Å². The van der Waals surface area contributed by atoms with Gasteiger partial charge in [-0.15, -0.1) is 0 Å². The third-order valence-corrected chi connectivity index (χ3v) is 2.67. The lowest BCUT2D eigenvalue weighted by atomic mass is 10.1. The fraction of sp³-hybridized carbons (Fsp3) is 0.900. The van der Waals surface area contributed by atoms with Crippen molar-refractivity contribution in [1.82, 2.24) is 10.6 Å². The summed E-state index contributed by atoms with van der Waals surface area (Å²) in [5, 5.41) is 23.7. The van der Waals surface area contributed by atoms with Gasteiger partial charge >= 0.3 is 0 Å². The van der Waals surface area contributed by atoms with Gasteiger partial charge in [0.1, 0.15) is 0 Å². The van der Waals surface area contributed by atoms with Crippen LogP contribution in [-0.4, -0.2) is 48.0 Å². The van der Waals surface area contributed by atoms with Crippen LogP contribution in [0.15, 0.2) is 0 Å². The van der Waals surface area contributed by atoms with Crippen molar-refractivity contribution < 1.29 is 15.0 Å². The summed E-state index contributed by atoms with van der Waals surface area (Å²) in [6.45, 7) is 3.20. The van der Waals surface area contributed by atoms with Gasteiger partial charge in [-0.3, -0.25) is 4.79 Å². The van der Waals surface area contributed by atoms with E-state index in [1.165, 1.54) is 0 Å². The van der Waals surface area contributed by atoms with E-state index in [2.05, 4.69) is 10.6 Å². The van der Waals surface area contributed by atoms with E-state index in [9.17, 15) is 9.90 Å². The van der Waals surface area contributed by atoms with E-state index >= 15 is 0 Å². The first kappa shape index (κ1) is 12.4. The van der Waals surface area contributed by atoms with Crippen LogP contribution in [-0.2, 0) is 4.79 Å². The fourth-order valence-electron chi connectivity index (χ4n) is 1.64.